The van der Waals surface area contributed by atoms with Gasteiger partial charge in [0.05, 0.1) is 5.57 Å². The molecule has 0 aromatic carbocycles. The van der Waals surface area contributed by atoms with Crippen LogP contribution >= 0.6 is 0 Å². The molecule has 0 aliphatic carbocycles. The normalized spacial score (nSPS) is 12.1. The lowest BCUT2D eigenvalue weighted by molar-refractivity contribution is 1.06. The Morgan fingerprint density at radius 2 is 2.38 bits per heavy atom. The summed E-state index contributed by atoms with van der Waals surface area (Å²) < 4.78 is 0. The first-order valence-corrected chi connectivity index (χ1v) is 4.80. The maximum atomic E-state index is 5.73. The van der Waals surface area contributed by atoms with E-state index in [4.69, 9.17) is 11.5 Å². The van der Waals surface area contributed by atoms with Gasteiger partial charge in [-0.25, -0.2) is 0 Å². The van der Waals surface area contributed by atoms with E-state index in [2.05, 4.69) is 32.0 Å². The molecule has 0 aliphatic rings. The molecule has 0 amide bonds. The number of hydrogen-bond donors (Lipinski definition) is 3. The third kappa shape index (κ3) is 2.60. The highest BCUT2D eigenvalue weighted by Gasteiger charge is 2.11. The second kappa shape index (κ2) is 5.56. The number of rotatable bonds is 3. The van der Waals surface area contributed by atoms with Crippen molar-refractivity contribution < 1.29 is 0 Å². The van der Waals surface area contributed by atoms with E-state index in [1.807, 2.05) is 6.92 Å². The van der Waals surface area contributed by atoms with E-state index in [-0.39, 0.29) is 0 Å². The third-order valence-corrected chi connectivity index (χ3v) is 1.74. The molecular weight excluding hydrogens is 204 g/mol. The highest BCUT2D eigenvalue weighted by molar-refractivity contribution is 6.20. The van der Waals surface area contributed by atoms with Crippen LogP contribution in [0.5, 0.6) is 0 Å². The summed E-state index contributed by atoms with van der Waals surface area (Å²) in [4.78, 5) is 8.17. The quantitative estimate of drug-likeness (QED) is 0.372. The Bertz CT molecular complexity index is 471. The van der Waals surface area contributed by atoms with Gasteiger partial charge in [-0.15, -0.1) is 0 Å². The van der Waals surface area contributed by atoms with Crippen LogP contribution in [0.4, 0.5) is 0 Å². The molecular formula is C10H14N6. The van der Waals surface area contributed by atoms with E-state index in [0.717, 1.165) is 0 Å². The zero-order chi connectivity index (χ0) is 12.0. The van der Waals surface area contributed by atoms with Gasteiger partial charge in [0, 0.05) is 12.7 Å². The Kier molecular flexibility index (Phi) is 4.09. The van der Waals surface area contributed by atoms with Crippen LogP contribution in [0.25, 0.3) is 5.57 Å². The number of nitrogens with one attached hydrogen (secondary N) is 1. The predicted molar refractivity (Wildman–Crippen MR) is 63.3 cm³/mol. The Morgan fingerprint density at radius 1 is 1.62 bits per heavy atom. The highest BCUT2D eigenvalue weighted by Crippen LogP contribution is 2.07. The molecule has 0 unspecified atom stereocenters. The Hall–Kier alpha value is -2.29. The molecule has 16 heavy (non-hydrogen) atoms. The Morgan fingerprint density at radius 3 is 2.94 bits per heavy atom. The Balaban J connectivity index is 3.04. The maximum absolute atomic E-state index is 5.73. The van der Waals surface area contributed by atoms with E-state index < -0.39 is 0 Å². The molecule has 1 aromatic heterocycles. The molecule has 0 saturated carbocycles. The molecule has 1 aromatic rings. The standard InChI is InChI=1S/C10H14N6/c1-3-5-8-14-10(16-15-8)7(6-11)9(12)13-4-2/h6H,4,11H2,1-2H3,(H2,12,13)(H,14,15,16). The van der Waals surface area contributed by atoms with Crippen LogP contribution in [0.15, 0.2) is 11.2 Å². The van der Waals surface area contributed by atoms with Crippen LogP contribution in [0.2, 0.25) is 0 Å². The molecule has 5 N–H and O–H groups in total. The third-order valence-electron chi connectivity index (χ3n) is 1.74. The van der Waals surface area contributed by atoms with Crippen molar-refractivity contribution in [2.24, 2.45) is 16.5 Å². The minimum absolute atomic E-state index is 0.319. The van der Waals surface area contributed by atoms with Gasteiger partial charge in [0.2, 0.25) is 5.82 Å². The molecule has 1 rings (SSSR count). The second-order valence-electron chi connectivity index (χ2n) is 2.82. The zero-order valence-electron chi connectivity index (χ0n) is 9.28. The van der Waals surface area contributed by atoms with Crippen LogP contribution in [0, 0.1) is 11.8 Å². The molecule has 0 atom stereocenters. The van der Waals surface area contributed by atoms with E-state index in [1.54, 1.807) is 6.92 Å². The lowest BCUT2D eigenvalue weighted by atomic mass is 10.2. The van der Waals surface area contributed by atoms with E-state index >= 15 is 0 Å². The van der Waals surface area contributed by atoms with Crippen LogP contribution in [-0.2, 0) is 0 Å². The van der Waals surface area contributed by atoms with Crippen molar-refractivity contribution in [3.8, 4) is 11.8 Å². The van der Waals surface area contributed by atoms with Gasteiger partial charge in [-0.05, 0) is 19.8 Å². The number of hydrogen-bond acceptors (Lipinski definition) is 4. The smallest absolute Gasteiger partial charge is 0.201 e. The monoisotopic (exact) mass is 218 g/mol. The number of nitrogens with two attached hydrogens (primary N) is 2. The molecule has 6 nitrogen and oxygen atoms in total. The van der Waals surface area contributed by atoms with Crippen molar-refractivity contribution in [2.45, 2.75) is 13.8 Å². The minimum Gasteiger partial charge on any atom is -0.404 e. The zero-order valence-corrected chi connectivity index (χ0v) is 9.28. The topological polar surface area (TPSA) is 106 Å². The number of aromatic amines is 1. The van der Waals surface area contributed by atoms with Crippen LogP contribution < -0.4 is 11.5 Å². The van der Waals surface area contributed by atoms with Crippen molar-refractivity contribution >= 4 is 11.4 Å². The molecule has 0 fully saturated rings. The second-order valence-corrected chi connectivity index (χ2v) is 2.82. The number of aliphatic imine (C=N–C) groups is 1. The van der Waals surface area contributed by atoms with E-state index in [1.165, 1.54) is 6.20 Å². The summed E-state index contributed by atoms with van der Waals surface area (Å²) in [5, 5.41) is 6.64. The summed E-state index contributed by atoms with van der Waals surface area (Å²) >= 11 is 0. The van der Waals surface area contributed by atoms with Crippen LogP contribution in [0.3, 0.4) is 0 Å². The van der Waals surface area contributed by atoms with Gasteiger partial charge in [-0.1, -0.05) is 5.92 Å². The lowest BCUT2D eigenvalue weighted by Gasteiger charge is -2.00. The maximum Gasteiger partial charge on any atom is 0.201 e. The van der Waals surface area contributed by atoms with Gasteiger partial charge in [0.1, 0.15) is 5.84 Å². The molecule has 0 aliphatic heterocycles. The number of amidine groups is 1. The summed E-state index contributed by atoms with van der Waals surface area (Å²) in [5.41, 5.74) is 11.7. The number of aromatic nitrogens is 3. The van der Waals surface area contributed by atoms with Crippen molar-refractivity contribution in [2.75, 3.05) is 6.54 Å². The first-order chi connectivity index (χ1) is 7.72. The first-order valence-electron chi connectivity index (χ1n) is 4.80. The van der Waals surface area contributed by atoms with Gasteiger partial charge in [0.15, 0.2) is 5.82 Å². The molecule has 6 heteroatoms. The van der Waals surface area contributed by atoms with E-state index in [0.29, 0.717) is 29.6 Å². The first kappa shape index (κ1) is 11.8. The molecule has 0 bridgehead atoms. The summed E-state index contributed by atoms with van der Waals surface area (Å²) in [7, 11) is 0. The van der Waals surface area contributed by atoms with Gasteiger partial charge < -0.3 is 11.5 Å². The molecule has 84 valence electrons. The number of H-pyrrole nitrogens is 1. The fourth-order valence-corrected chi connectivity index (χ4v) is 1.09. The average Bonchev–Trinajstić information content (AvgIpc) is 2.68. The van der Waals surface area contributed by atoms with Crippen molar-refractivity contribution in [3.05, 3.63) is 17.8 Å². The van der Waals surface area contributed by atoms with Crippen LogP contribution in [0.1, 0.15) is 25.5 Å². The van der Waals surface area contributed by atoms with Crippen molar-refractivity contribution in [3.63, 3.8) is 0 Å². The van der Waals surface area contributed by atoms with E-state index in [9.17, 15) is 0 Å². The SMILES string of the molecule is CC#Cc1nc(C(=CN)C(N)=NCC)n[nH]1. The van der Waals surface area contributed by atoms with Crippen molar-refractivity contribution in [1.82, 2.24) is 15.2 Å². The lowest BCUT2D eigenvalue weighted by Crippen LogP contribution is -2.16. The summed E-state index contributed by atoms with van der Waals surface area (Å²) in [6.45, 7) is 4.18. The fourth-order valence-electron chi connectivity index (χ4n) is 1.09. The average molecular weight is 218 g/mol. The van der Waals surface area contributed by atoms with Crippen molar-refractivity contribution in [1.29, 1.82) is 0 Å². The van der Waals surface area contributed by atoms with Crippen LogP contribution in [-0.4, -0.2) is 27.6 Å². The van der Waals surface area contributed by atoms with Gasteiger partial charge in [0.25, 0.3) is 0 Å². The minimum atomic E-state index is 0.319. The summed E-state index contributed by atoms with van der Waals surface area (Å²) in [5.74, 6) is 6.65. The fraction of sp³-hybridized carbons (Fsp3) is 0.300. The van der Waals surface area contributed by atoms with Gasteiger partial charge in [-0.3, -0.25) is 10.1 Å². The largest absolute Gasteiger partial charge is 0.404 e. The van der Waals surface area contributed by atoms with Gasteiger partial charge in [-0.2, -0.15) is 10.1 Å². The van der Waals surface area contributed by atoms with Gasteiger partial charge >= 0.3 is 0 Å². The highest BCUT2D eigenvalue weighted by atomic mass is 15.2. The molecule has 0 radical (unpaired) electrons. The number of nitrogens with zero attached hydrogens (tertiary/aromatic N) is 3. The predicted octanol–water partition coefficient (Wildman–Crippen LogP) is -0.147. The summed E-state index contributed by atoms with van der Waals surface area (Å²) in [6, 6.07) is 0. The Labute approximate surface area is 93.9 Å². The molecule has 1 heterocycles. The molecule has 0 spiro atoms. The molecule has 0 saturated heterocycles. The summed E-state index contributed by atoms with van der Waals surface area (Å²) in [6.07, 6.45) is 1.33.